The Hall–Kier alpha value is -1.17. The molecule has 0 saturated carbocycles. The molecule has 0 aliphatic carbocycles. The molecule has 0 aromatic heterocycles. The lowest BCUT2D eigenvalue weighted by Crippen LogP contribution is -2.30. The van der Waals surface area contributed by atoms with Crippen molar-refractivity contribution in [3.05, 3.63) is 28.8 Å². The van der Waals surface area contributed by atoms with E-state index in [4.69, 9.17) is 16.9 Å². The Morgan fingerprint density at radius 1 is 1.32 bits per heavy atom. The summed E-state index contributed by atoms with van der Waals surface area (Å²) in [6.07, 6.45) is -2.21. The summed E-state index contributed by atoms with van der Waals surface area (Å²) in [5.74, 6) is 0. The maximum absolute atomic E-state index is 12.3. The van der Waals surface area contributed by atoms with E-state index < -0.39 is 22.2 Å². The lowest BCUT2D eigenvalue weighted by molar-refractivity contribution is 0.0572. The lowest BCUT2D eigenvalue weighted by Gasteiger charge is -2.16. The number of nitrogens with zero attached hydrogens (tertiary/aromatic N) is 2. The summed E-state index contributed by atoms with van der Waals surface area (Å²) in [4.78, 5) is -0.144. The van der Waals surface area contributed by atoms with Gasteiger partial charge >= 0.3 is 0 Å². The lowest BCUT2D eigenvalue weighted by atomic mass is 10.2. The van der Waals surface area contributed by atoms with Crippen molar-refractivity contribution in [3.8, 4) is 6.07 Å². The van der Waals surface area contributed by atoms with E-state index >= 15 is 0 Å². The Labute approximate surface area is 115 Å². The first kappa shape index (κ1) is 14.2. The van der Waals surface area contributed by atoms with Gasteiger partial charge in [0.25, 0.3) is 0 Å². The van der Waals surface area contributed by atoms with Crippen LogP contribution in [-0.2, 0) is 10.0 Å². The highest BCUT2D eigenvalue weighted by Gasteiger charge is 2.38. The van der Waals surface area contributed by atoms with Crippen molar-refractivity contribution in [3.63, 3.8) is 0 Å². The summed E-state index contributed by atoms with van der Waals surface area (Å²) in [5, 5.41) is 27.4. The largest absolute Gasteiger partial charge is 0.389 e. The first-order valence-electron chi connectivity index (χ1n) is 5.42. The van der Waals surface area contributed by atoms with Crippen LogP contribution in [0.2, 0.25) is 5.02 Å². The van der Waals surface area contributed by atoms with Crippen LogP contribution in [0.25, 0.3) is 0 Å². The zero-order valence-electron chi connectivity index (χ0n) is 9.69. The molecule has 1 aliphatic rings. The summed E-state index contributed by atoms with van der Waals surface area (Å²) in [7, 11) is -3.89. The van der Waals surface area contributed by atoms with Crippen LogP contribution in [0.15, 0.2) is 23.1 Å². The van der Waals surface area contributed by atoms with Crippen LogP contribution in [0.1, 0.15) is 5.56 Å². The van der Waals surface area contributed by atoms with E-state index in [2.05, 4.69) is 0 Å². The third kappa shape index (κ3) is 2.59. The predicted octanol–water partition coefficient (Wildman–Crippen LogP) is -0.0622. The second-order valence-electron chi connectivity index (χ2n) is 4.21. The molecule has 2 rings (SSSR count). The van der Waals surface area contributed by atoms with E-state index in [1.165, 1.54) is 18.2 Å². The van der Waals surface area contributed by atoms with Crippen molar-refractivity contribution < 1.29 is 18.6 Å². The van der Waals surface area contributed by atoms with E-state index in [1.54, 1.807) is 0 Å². The van der Waals surface area contributed by atoms with Gasteiger partial charge in [-0.05, 0) is 18.2 Å². The van der Waals surface area contributed by atoms with Crippen molar-refractivity contribution in [1.82, 2.24) is 4.31 Å². The molecule has 1 saturated heterocycles. The van der Waals surface area contributed by atoms with Crippen molar-refractivity contribution in [2.75, 3.05) is 13.1 Å². The Morgan fingerprint density at radius 3 is 2.37 bits per heavy atom. The molecule has 19 heavy (non-hydrogen) atoms. The molecular formula is C11H11ClN2O4S. The topological polar surface area (TPSA) is 102 Å². The van der Waals surface area contributed by atoms with E-state index in [-0.39, 0.29) is 28.6 Å². The summed E-state index contributed by atoms with van der Waals surface area (Å²) in [6, 6.07) is 5.71. The minimum absolute atomic E-state index is 0.0603. The zero-order chi connectivity index (χ0) is 14.2. The van der Waals surface area contributed by atoms with E-state index in [1.807, 2.05) is 6.07 Å². The molecule has 6 nitrogen and oxygen atoms in total. The molecule has 2 unspecified atom stereocenters. The summed E-state index contributed by atoms with van der Waals surface area (Å²) < 4.78 is 25.5. The van der Waals surface area contributed by atoms with E-state index in [0.29, 0.717) is 0 Å². The van der Waals surface area contributed by atoms with Gasteiger partial charge in [0, 0.05) is 13.1 Å². The minimum atomic E-state index is -3.89. The second-order valence-corrected chi connectivity index (χ2v) is 6.53. The first-order chi connectivity index (χ1) is 8.86. The molecule has 1 aliphatic heterocycles. The van der Waals surface area contributed by atoms with Gasteiger partial charge in [0.1, 0.15) is 4.90 Å². The highest BCUT2D eigenvalue weighted by molar-refractivity contribution is 7.89. The number of benzene rings is 1. The molecule has 0 amide bonds. The monoisotopic (exact) mass is 302 g/mol. The molecule has 0 spiro atoms. The molecule has 0 radical (unpaired) electrons. The Kier molecular flexibility index (Phi) is 3.80. The highest BCUT2D eigenvalue weighted by atomic mass is 35.5. The van der Waals surface area contributed by atoms with Crippen LogP contribution >= 0.6 is 11.6 Å². The summed E-state index contributed by atoms with van der Waals surface area (Å²) in [5.41, 5.74) is 0.255. The molecule has 1 fully saturated rings. The predicted molar refractivity (Wildman–Crippen MR) is 66.9 cm³/mol. The standard InChI is InChI=1S/C11H11ClN2O4S/c12-8-3-7(4-13)1-2-11(8)19(17,18)14-5-9(15)10(16)6-14/h1-3,9-10,15-16H,5-6H2. The van der Waals surface area contributed by atoms with Crippen LogP contribution in [0.4, 0.5) is 0 Å². The van der Waals surface area contributed by atoms with Crippen LogP contribution in [-0.4, -0.2) is 48.2 Å². The van der Waals surface area contributed by atoms with Crippen LogP contribution < -0.4 is 0 Å². The fourth-order valence-electron chi connectivity index (χ4n) is 1.85. The number of hydrogen-bond donors (Lipinski definition) is 2. The van der Waals surface area contributed by atoms with Gasteiger partial charge in [-0.1, -0.05) is 11.6 Å². The summed E-state index contributed by atoms with van der Waals surface area (Å²) in [6.45, 7) is -0.361. The number of β-amino-alcohol motifs (C(OH)–C–C–N with tert-alkyl or cyclic N) is 2. The molecule has 8 heteroatoms. The van der Waals surface area contributed by atoms with Gasteiger partial charge in [0.2, 0.25) is 10.0 Å². The molecule has 0 bridgehead atoms. The number of nitriles is 1. The second kappa shape index (κ2) is 5.07. The van der Waals surface area contributed by atoms with Crippen molar-refractivity contribution in [2.45, 2.75) is 17.1 Å². The number of aliphatic hydroxyl groups is 2. The Bertz CT molecular complexity index is 631. The molecule has 1 aromatic rings. The van der Waals surface area contributed by atoms with Gasteiger partial charge in [-0.25, -0.2) is 8.42 Å². The number of aliphatic hydroxyl groups excluding tert-OH is 2. The number of halogens is 1. The van der Waals surface area contributed by atoms with Crippen molar-refractivity contribution in [1.29, 1.82) is 5.26 Å². The van der Waals surface area contributed by atoms with Gasteiger partial charge in [0.05, 0.1) is 28.9 Å². The zero-order valence-corrected chi connectivity index (χ0v) is 11.3. The molecule has 1 aromatic carbocycles. The van der Waals surface area contributed by atoms with Gasteiger partial charge in [-0.3, -0.25) is 0 Å². The van der Waals surface area contributed by atoms with E-state index in [0.717, 1.165) is 4.31 Å². The summed E-state index contributed by atoms with van der Waals surface area (Å²) >= 11 is 5.86. The van der Waals surface area contributed by atoms with Crippen molar-refractivity contribution >= 4 is 21.6 Å². The van der Waals surface area contributed by atoms with E-state index in [9.17, 15) is 18.6 Å². The molecule has 1 heterocycles. The Morgan fingerprint density at radius 2 is 1.89 bits per heavy atom. The van der Waals surface area contributed by atoms with Crippen molar-refractivity contribution in [2.24, 2.45) is 0 Å². The van der Waals surface area contributed by atoms with Gasteiger partial charge in [-0.15, -0.1) is 0 Å². The van der Waals surface area contributed by atoms with Gasteiger partial charge in [-0.2, -0.15) is 9.57 Å². The molecule has 2 atom stereocenters. The van der Waals surface area contributed by atoms with Crippen LogP contribution in [0.3, 0.4) is 0 Å². The fraction of sp³-hybridized carbons (Fsp3) is 0.364. The quantitative estimate of drug-likeness (QED) is 0.797. The average Bonchev–Trinajstić information content (AvgIpc) is 2.70. The number of rotatable bonds is 2. The minimum Gasteiger partial charge on any atom is -0.389 e. The third-order valence-corrected chi connectivity index (χ3v) is 5.22. The molecular weight excluding hydrogens is 292 g/mol. The molecule has 2 N–H and O–H groups in total. The molecule has 102 valence electrons. The van der Waals surface area contributed by atoms with Gasteiger partial charge < -0.3 is 10.2 Å². The van der Waals surface area contributed by atoms with Gasteiger partial charge in [0.15, 0.2) is 0 Å². The maximum atomic E-state index is 12.3. The normalized spacial score (nSPS) is 24.3. The first-order valence-corrected chi connectivity index (χ1v) is 7.24. The number of hydrogen-bond acceptors (Lipinski definition) is 5. The fourth-order valence-corrected chi connectivity index (χ4v) is 3.84. The number of sulfonamides is 1. The third-order valence-electron chi connectivity index (χ3n) is 2.90. The average molecular weight is 303 g/mol. The highest BCUT2D eigenvalue weighted by Crippen LogP contribution is 2.28. The Balaban J connectivity index is 2.39. The SMILES string of the molecule is N#Cc1ccc(S(=O)(=O)N2CC(O)C(O)C2)c(Cl)c1. The smallest absolute Gasteiger partial charge is 0.244 e. The van der Waals surface area contributed by atoms with Crippen LogP contribution in [0.5, 0.6) is 0 Å². The van der Waals surface area contributed by atoms with Crippen LogP contribution in [0, 0.1) is 11.3 Å². The maximum Gasteiger partial charge on any atom is 0.244 e.